The van der Waals surface area contributed by atoms with Crippen LogP contribution in [-0.4, -0.2) is 19.1 Å². The Balaban J connectivity index is 1.70. The Bertz CT molecular complexity index is 599. The van der Waals surface area contributed by atoms with Gasteiger partial charge in [0.25, 0.3) is 0 Å². The predicted octanol–water partition coefficient (Wildman–Crippen LogP) is 2.66. The normalized spacial score (nSPS) is 10.1. The molecule has 0 saturated carbocycles. The quantitative estimate of drug-likeness (QED) is 0.637. The minimum absolute atomic E-state index is 0.0796. The number of carbonyl (C=O) groups is 1. The van der Waals surface area contributed by atoms with Crippen LogP contribution in [0.15, 0.2) is 48.5 Å². The van der Waals surface area contributed by atoms with Crippen LogP contribution in [0.1, 0.15) is 5.56 Å². The van der Waals surface area contributed by atoms with Crippen molar-refractivity contribution in [1.82, 2.24) is 5.32 Å². The molecule has 0 heterocycles. The minimum atomic E-state index is -0.0796. The van der Waals surface area contributed by atoms with Crippen molar-refractivity contribution in [3.8, 4) is 5.75 Å². The molecule has 0 fully saturated rings. The summed E-state index contributed by atoms with van der Waals surface area (Å²) in [5, 5.41) is 3.40. The fourth-order valence-corrected chi connectivity index (χ4v) is 2.00. The van der Waals surface area contributed by atoms with Gasteiger partial charge in [-0.15, -0.1) is 0 Å². The molecule has 110 valence electrons. The number of nitrogens with two attached hydrogens (primary N) is 1. The summed E-state index contributed by atoms with van der Waals surface area (Å²) in [5.74, 6) is 0.647. The zero-order valence-electron chi connectivity index (χ0n) is 11.5. The van der Waals surface area contributed by atoms with Crippen molar-refractivity contribution in [3.05, 3.63) is 59.1 Å². The number of amides is 1. The largest absolute Gasteiger partial charge is 0.492 e. The highest BCUT2D eigenvalue weighted by Crippen LogP contribution is 2.15. The number of rotatable bonds is 6. The first-order valence-corrected chi connectivity index (χ1v) is 7.01. The Labute approximate surface area is 128 Å². The molecule has 5 heteroatoms. The maximum atomic E-state index is 11.8. The molecule has 2 aromatic carbocycles. The number of hydrogen-bond acceptors (Lipinski definition) is 3. The summed E-state index contributed by atoms with van der Waals surface area (Å²) < 4.78 is 5.49. The monoisotopic (exact) mass is 304 g/mol. The molecule has 0 aliphatic rings. The molecule has 3 N–H and O–H groups in total. The van der Waals surface area contributed by atoms with Gasteiger partial charge in [-0.25, -0.2) is 0 Å². The number of anilines is 1. The Morgan fingerprint density at radius 2 is 1.86 bits per heavy atom. The molecule has 21 heavy (non-hydrogen) atoms. The van der Waals surface area contributed by atoms with Crippen molar-refractivity contribution in [2.24, 2.45) is 0 Å². The smallest absolute Gasteiger partial charge is 0.224 e. The molecule has 0 aromatic heterocycles. The van der Waals surface area contributed by atoms with Crippen LogP contribution in [0.2, 0.25) is 5.02 Å². The first kappa shape index (κ1) is 15.2. The Morgan fingerprint density at radius 1 is 1.14 bits per heavy atom. The first-order chi connectivity index (χ1) is 10.1. The standard InChI is InChI=1S/C16H17ClN2O2/c17-15-4-2-1-3-12(15)11-16(20)19-9-10-21-14-7-5-13(18)6-8-14/h1-8H,9-11,18H2,(H,19,20). The second-order valence-corrected chi connectivity index (χ2v) is 4.94. The number of ether oxygens (including phenoxy) is 1. The van der Waals surface area contributed by atoms with Gasteiger partial charge in [-0.2, -0.15) is 0 Å². The molecule has 2 rings (SSSR count). The van der Waals surface area contributed by atoms with Crippen LogP contribution < -0.4 is 15.8 Å². The van der Waals surface area contributed by atoms with Crippen LogP contribution in [0.4, 0.5) is 5.69 Å². The van der Waals surface area contributed by atoms with E-state index in [1.807, 2.05) is 18.2 Å². The summed E-state index contributed by atoms with van der Waals surface area (Å²) in [7, 11) is 0. The Kier molecular flexibility index (Phi) is 5.46. The van der Waals surface area contributed by atoms with E-state index in [0.29, 0.717) is 23.9 Å². The van der Waals surface area contributed by atoms with Gasteiger partial charge in [0.2, 0.25) is 5.91 Å². The van der Waals surface area contributed by atoms with Gasteiger partial charge in [0, 0.05) is 10.7 Å². The topological polar surface area (TPSA) is 64.3 Å². The molecule has 0 aliphatic heterocycles. The third-order valence-electron chi connectivity index (χ3n) is 2.88. The van der Waals surface area contributed by atoms with Crippen molar-refractivity contribution < 1.29 is 9.53 Å². The SMILES string of the molecule is Nc1ccc(OCCNC(=O)Cc2ccccc2Cl)cc1. The lowest BCUT2D eigenvalue weighted by Gasteiger charge is -2.08. The number of hydrogen-bond donors (Lipinski definition) is 2. The zero-order chi connectivity index (χ0) is 15.1. The van der Waals surface area contributed by atoms with Gasteiger partial charge in [0.05, 0.1) is 13.0 Å². The van der Waals surface area contributed by atoms with Gasteiger partial charge in [-0.1, -0.05) is 29.8 Å². The van der Waals surface area contributed by atoms with E-state index in [-0.39, 0.29) is 12.3 Å². The van der Waals surface area contributed by atoms with Gasteiger partial charge in [-0.3, -0.25) is 4.79 Å². The lowest BCUT2D eigenvalue weighted by Crippen LogP contribution is -2.29. The number of nitrogens with one attached hydrogen (secondary N) is 1. The summed E-state index contributed by atoms with van der Waals surface area (Å²) in [5.41, 5.74) is 7.09. The molecule has 1 amide bonds. The summed E-state index contributed by atoms with van der Waals surface area (Å²) in [6, 6.07) is 14.4. The molecule has 2 aromatic rings. The van der Waals surface area contributed by atoms with Crippen molar-refractivity contribution in [3.63, 3.8) is 0 Å². The highest BCUT2D eigenvalue weighted by atomic mass is 35.5. The van der Waals surface area contributed by atoms with Gasteiger partial charge in [-0.05, 0) is 35.9 Å². The van der Waals surface area contributed by atoms with Gasteiger partial charge >= 0.3 is 0 Å². The van der Waals surface area contributed by atoms with Crippen molar-refractivity contribution in [2.75, 3.05) is 18.9 Å². The molecular weight excluding hydrogens is 288 g/mol. The van der Waals surface area contributed by atoms with E-state index in [1.165, 1.54) is 0 Å². The van der Waals surface area contributed by atoms with E-state index in [1.54, 1.807) is 30.3 Å². The van der Waals surface area contributed by atoms with Crippen LogP contribution in [0.25, 0.3) is 0 Å². The highest BCUT2D eigenvalue weighted by molar-refractivity contribution is 6.31. The molecular formula is C16H17ClN2O2. The van der Waals surface area contributed by atoms with Gasteiger partial charge in [0.15, 0.2) is 0 Å². The number of benzene rings is 2. The van der Waals surface area contributed by atoms with E-state index >= 15 is 0 Å². The maximum Gasteiger partial charge on any atom is 0.224 e. The summed E-state index contributed by atoms with van der Waals surface area (Å²) in [6.45, 7) is 0.839. The number of carbonyl (C=O) groups excluding carboxylic acids is 1. The third kappa shape index (κ3) is 5.00. The molecule has 0 radical (unpaired) electrons. The summed E-state index contributed by atoms with van der Waals surface area (Å²) in [4.78, 5) is 11.8. The molecule has 0 aliphatic carbocycles. The van der Waals surface area contributed by atoms with E-state index in [2.05, 4.69) is 5.32 Å². The highest BCUT2D eigenvalue weighted by Gasteiger charge is 2.05. The van der Waals surface area contributed by atoms with E-state index < -0.39 is 0 Å². The zero-order valence-corrected chi connectivity index (χ0v) is 12.3. The van der Waals surface area contributed by atoms with Crippen molar-refractivity contribution >= 4 is 23.2 Å². The van der Waals surface area contributed by atoms with Crippen LogP contribution in [0.3, 0.4) is 0 Å². The van der Waals surface area contributed by atoms with E-state index in [9.17, 15) is 4.79 Å². The second kappa shape index (κ2) is 7.55. The van der Waals surface area contributed by atoms with Crippen molar-refractivity contribution in [2.45, 2.75) is 6.42 Å². The third-order valence-corrected chi connectivity index (χ3v) is 3.25. The minimum Gasteiger partial charge on any atom is -0.492 e. The van der Waals surface area contributed by atoms with Crippen molar-refractivity contribution in [1.29, 1.82) is 0 Å². The second-order valence-electron chi connectivity index (χ2n) is 4.54. The average Bonchev–Trinajstić information content (AvgIpc) is 2.48. The van der Waals surface area contributed by atoms with Crippen LogP contribution >= 0.6 is 11.6 Å². The Hall–Kier alpha value is -2.20. The number of nitrogen functional groups attached to an aromatic ring is 1. The molecule has 0 saturated heterocycles. The molecule has 0 unspecified atom stereocenters. The van der Waals surface area contributed by atoms with Gasteiger partial charge < -0.3 is 15.8 Å². The molecule has 0 bridgehead atoms. The summed E-state index contributed by atoms with van der Waals surface area (Å²) in [6.07, 6.45) is 0.265. The van der Waals surface area contributed by atoms with Gasteiger partial charge in [0.1, 0.15) is 12.4 Å². The van der Waals surface area contributed by atoms with Crippen LogP contribution in [0.5, 0.6) is 5.75 Å². The van der Waals surface area contributed by atoms with Crippen LogP contribution in [-0.2, 0) is 11.2 Å². The lowest BCUT2D eigenvalue weighted by molar-refractivity contribution is -0.120. The number of halogens is 1. The first-order valence-electron chi connectivity index (χ1n) is 6.63. The lowest BCUT2D eigenvalue weighted by atomic mass is 10.1. The van der Waals surface area contributed by atoms with Crippen LogP contribution in [0, 0.1) is 0 Å². The average molecular weight is 305 g/mol. The fraction of sp³-hybridized carbons (Fsp3) is 0.188. The molecule has 0 atom stereocenters. The fourth-order valence-electron chi connectivity index (χ4n) is 1.80. The summed E-state index contributed by atoms with van der Waals surface area (Å²) >= 11 is 6.01. The predicted molar refractivity (Wildman–Crippen MR) is 84.5 cm³/mol. The van der Waals surface area contributed by atoms with E-state index in [0.717, 1.165) is 11.3 Å². The van der Waals surface area contributed by atoms with E-state index in [4.69, 9.17) is 22.1 Å². The molecule has 4 nitrogen and oxygen atoms in total. The molecule has 0 spiro atoms. The Morgan fingerprint density at radius 3 is 2.57 bits per heavy atom. The maximum absolute atomic E-state index is 11.8.